The van der Waals surface area contributed by atoms with Crippen molar-refractivity contribution < 1.29 is 130 Å². The number of halogens is 1. The van der Waals surface area contributed by atoms with E-state index in [1.807, 2.05) is 44.1 Å². The van der Waals surface area contributed by atoms with Crippen LogP contribution in [-0.2, 0) is 19.5 Å². The summed E-state index contributed by atoms with van der Waals surface area (Å²) in [4.78, 5) is 1.11. The first-order valence-electron chi connectivity index (χ1n) is 9.17. The van der Waals surface area contributed by atoms with E-state index in [1.165, 1.54) is 6.20 Å². The van der Waals surface area contributed by atoms with E-state index in [0.29, 0.717) is 5.69 Å². The molecule has 0 saturated heterocycles. The Morgan fingerprint density at radius 3 is 2.47 bits per heavy atom. The zero-order chi connectivity index (χ0) is 25.0. The van der Waals surface area contributed by atoms with Gasteiger partial charge in [0.1, 0.15) is 21.8 Å². The van der Waals surface area contributed by atoms with Gasteiger partial charge < -0.3 is 14.7 Å². The summed E-state index contributed by atoms with van der Waals surface area (Å²) in [6, 6.07) is 9.26. The van der Waals surface area contributed by atoms with Crippen LogP contribution >= 0.6 is 23.6 Å². The van der Waals surface area contributed by atoms with Gasteiger partial charge in [0, 0.05) is 19.8 Å². The van der Waals surface area contributed by atoms with E-state index >= 15 is 0 Å². The maximum absolute atomic E-state index is 11.7. The molecule has 0 saturated carbocycles. The van der Waals surface area contributed by atoms with E-state index in [-0.39, 0.29) is 142 Å². The van der Waals surface area contributed by atoms with Gasteiger partial charge in [-0.3, -0.25) is 5.04 Å². The predicted octanol–water partition coefficient (Wildman–Crippen LogP) is -2.67. The van der Waals surface area contributed by atoms with Crippen LogP contribution in [0.1, 0.15) is 11.1 Å². The molecule has 0 atom stereocenters. The van der Waals surface area contributed by atoms with Crippen molar-refractivity contribution in [2.24, 2.45) is 10.2 Å². The molecule has 0 aliphatic heterocycles. The normalized spacial score (nSPS) is 11.0. The van der Waals surface area contributed by atoms with Crippen molar-refractivity contribution in [1.82, 2.24) is 9.78 Å². The molecule has 0 bridgehead atoms. The average molecular weight is 601 g/mol. The zero-order valence-electron chi connectivity index (χ0n) is 19.8. The number of aryl methyl sites for hydroxylation is 1. The SMILES string of the molecule is Cc1cc(N(C)C)ccc1N=Nc1c(C#N)cnn1-c1cc(S(=O)(=O)[O-])cc(SOO[O-])c1Cl.[K+].[K+]. The third kappa shape index (κ3) is 8.37. The average Bonchev–Trinajstić information content (AvgIpc) is 3.19. The monoisotopic (exact) mass is 600 g/mol. The van der Waals surface area contributed by atoms with Crippen LogP contribution in [0, 0.1) is 18.3 Å². The smallest absolute Gasteiger partial charge is 0.744 e. The van der Waals surface area contributed by atoms with Crippen molar-refractivity contribution >= 4 is 51.0 Å². The van der Waals surface area contributed by atoms with Gasteiger partial charge in [0.2, 0.25) is 0 Å². The molecule has 0 N–H and O–H groups in total. The molecule has 0 aliphatic carbocycles. The Labute approximate surface area is 301 Å². The molecule has 3 aromatic rings. The number of azo groups is 1. The Kier molecular flexibility index (Phi) is 14.4. The zero-order valence-corrected chi connectivity index (χ0v) is 28.4. The van der Waals surface area contributed by atoms with Crippen molar-refractivity contribution in [1.29, 1.82) is 5.26 Å². The molecular weight excluding hydrogens is 586 g/mol. The second kappa shape index (κ2) is 15.1. The van der Waals surface area contributed by atoms with Gasteiger partial charge in [-0.25, -0.2) is 13.1 Å². The van der Waals surface area contributed by atoms with E-state index in [1.54, 1.807) is 6.07 Å². The van der Waals surface area contributed by atoms with E-state index in [0.717, 1.165) is 28.1 Å². The number of nitrogens with zero attached hydrogens (tertiary/aromatic N) is 6. The summed E-state index contributed by atoms with van der Waals surface area (Å²) < 4.78 is 40.2. The van der Waals surface area contributed by atoms with Crippen molar-refractivity contribution in [2.75, 3.05) is 19.0 Å². The summed E-state index contributed by atoms with van der Waals surface area (Å²) in [5.74, 6) is -0.0714. The summed E-state index contributed by atoms with van der Waals surface area (Å²) in [5.41, 5.74) is 2.17. The number of anilines is 1. The number of nitriles is 1. The van der Waals surface area contributed by atoms with Crippen LogP contribution < -0.4 is 113 Å². The van der Waals surface area contributed by atoms with Crippen molar-refractivity contribution in [3.63, 3.8) is 0 Å². The summed E-state index contributed by atoms with van der Waals surface area (Å²) in [6.07, 6.45) is 1.18. The first-order valence-corrected chi connectivity index (χ1v) is 11.7. The number of aromatic nitrogens is 2. The van der Waals surface area contributed by atoms with Gasteiger partial charge in [-0.1, -0.05) is 11.6 Å². The van der Waals surface area contributed by atoms with Crippen LogP contribution in [0.3, 0.4) is 0 Å². The fourth-order valence-electron chi connectivity index (χ4n) is 2.79. The molecule has 0 radical (unpaired) electrons. The van der Waals surface area contributed by atoms with Crippen molar-refractivity contribution in [3.8, 4) is 11.8 Å². The maximum atomic E-state index is 11.7. The molecule has 0 aliphatic rings. The van der Waals surface area contributed by atoms with Crippen molar-refractivity contribution in [3.05, 3.63) is 52.7 Å². The van der Waals surface area contributed by atoms with Crippen LogP contribution in [0.15, 0.2) is 56.5 Å². The van der Waals surface area contributed by atoms with Crippen LogP contribution in [-0.4, -0.2) is 36.8 Å². The van der Waals surface area contributed by atoms with E-state index in [9.17, 15) is 23.5 Å². The molecule has 3 rings (SSSR count). The largest absolute Gasteiger partial charge is 1.00 e. The Hall–Kier alpha value is 0.243. The third-order valence-electron chi connectivity index (χ3n) is 4.48. The van der Waals surface area contributed by atoms with E-state index < -0.39 is 15.0 Å². The molecule has 1 heterocycles. The topological polar surface area (TPSA) is 168 Å². The van der Waals surface area contributed by atoms with Gasteiger partial charge in [0.15, 0.2) is 5.82 Å². The van der Waals surface area contributed by atoms with Crippen molar-refractivity contribution in [2.45, 2.75) is 16.7 Å². The molecular formula is C19H15ClK2N6O6S2. The van der Waals surface area contributed by atoms with Gasteiger partial charge in [-0.05, 0) is 42.8 Å². The van der Waals surface area contributed by atoms with Gasteiger partial charge >= 0.3 is 103 Å². The van der Waals surface area contributed by atoms with Gasteiger partial charge in [-0.15, -0.1) is 10.2 Å². The first-order chi connectivity index (χ1) is 16.1. The molecule has 0 spiro atoms. The second-order valence-corrected chi connectivity index (χ2v) is 9.40. The molecule has 1 aromatic heterocycles. The standard InChI is InChI=1S/C19H17ClN6O6S2.2K/c1-11-6-13(25(2)3)4-5-15(11)23-24-19-12(9-21)10-22-26(19)16-7-14(34(28,29)30)8-17(18(16)20)33-32-31-27;;/h4-8,10,27H,1-3H3,(H,28,29,30);;/q;2*+1/p-2. The molecule has 2 aromatic carbocycles. The second-order valence-electron chi connectivity index (χ2n) is 6.90. The number of benzene rings is 2. The summed E-state index contributed by atoms with van der Waals surface area (Å²) in [7, 11) is -1.15. The summed E-state index contributed by atoms with van der Waals surface area (Å²) in [6.45, 7) is 1.84. The van der Waals surface area contributed by atoms with E-state index in [2.05, 4.69) is 24.7 Å². The molecule has 0 unspecified atom stereocenters. The Morgan fingerprint density at radius 1 is 1.22 bits per heavy atom. The summed E-state index contributed by atoms with van der Waals surface area (Å²) >= 11 is 6.63. The Balaban J connectivity index is 0.00000324. The minimum absolute atomic E-state index is 0. The number of hydrogen-bond donors (Lipinski definition) is 0. The van der Waals surface area contributed by atoms with Gasteiger partial charge in [0.25, 0.3) is 0 Å². The van der Waals surface area contributed by atoms with Crippen LogP contribution in [0.5, 0.6) is 0 Å². The Morgan fingerprint density at radius 2 is 1.92 bits per heavy atom. The third-order valence-corrected chi connectivity index (χ3v) is 6.42. The number of rotatable bonds is 8. The van der Waals surface area contributed by atoms with Crippen LogP contribution in [0.4, 0.5) is 17.2 Å². The van der Waals surface area contributed by atoms with Gasteiger partial charge in [-0.2, -0.15) is 14.7 Å². The van der Waals surface area contributed by atoms with E-state index in [4.69, 9.17) is 11.6 Å². The molecule has 0 amide bonds. The molecule has 178 valence electrons. The fourth-order valence-corrected chi connectivity index (χ4v) is 4.12. The van der Waals surface area contributed by atoms with Crippen LogP contribution in [0.25, 0.3) is 5.69 Å². The molecule has 12 nitrogen and oxygen atoms in total. The first kappa shape index (κ1) is 34.3. The predicted molar refractivity (Wildman–Crippen MR) is 119 cm³/mol. The Bertz CT molecular complexity index is 1410. The quantitative estimate of drug-likeness (QED) is 0.0664. The fraction of sp³-hybridized carbons (Fsp3) is 0.158. The minimum atomic E-state index is -4.94. The number of hydrogen-bond acceptors (Lipinski definition) is 12. The van der Waals surface area contributed by atoms with Gasteiger partial charge in [0.05, 0.1) is 44.4 Å². The molecule has 17 heteroatoms. The molecule has 0 fully saturated rings. The minimum Gasteiger partial charge on any atom is -0.744 e. The van der Waals surface area contributed by atoms with Crippen LogP contribution in [0.2, 0.25) is 5.02 Å². The maximum Gasteiger partial charge on any atom is 1.00 e. The summed E-state index contributed by atoms with van der Waals surface area (Å²) in [5, 5.41) is 35.2. The molecule has 36 heavy (non-hydrogen) atoms.